The first kappa shape index (κ1) is 13.0. The SMILES string of the molecule is CC(C)(CCC(=O)O)Nc1ccccc1C#N. The first-order chi connectivity index (χ1) is 7.94. The van der Waals surface area contributed by atoms with Crippen molar-refractivity contribution in [2.75, 3.05) is 5.32 Å². The van der Waals surface area contributed by atoms with Crippen molar-refractivity contribution in [2.45, 2.75) is 32.2 Å². The lowest BCUT2D eigenvalue weighted by atomic mass is 9.97. The Kier molecular flexibility index (Phi) is 4.11. The van der Waals surface area contributed by atoms with Crippen LogP contribution in [0, 0.1) is 11.3 Å². The summed E-state index contributed by atoms with van der Waals surface area (Å²) in [6.07, 6.45) is 0.608. The van der Waals surface area contributed by atoms with Crippen molar-refractivity contribution in [3.63, 3.8) is 0 Å². The summed E-state index contributed by atoms with van der Waals surface area (Å²) in [6, 6.07) is 9.30. The lowest BCUT2D eigenvalue weighted by Crippen LogP contribution is -2.31. The maximum atomic E-state index is 10.5. The number of para-hydroxylation sites is 1. The Morgan fingerprint density at radius 2 is 2.12 bits per heavy atom. The van der Waals surface area contributed by atoms with Crippen molar-refractivity contribution in [3.8, 4) is 6.07 Å². The zero-order chi connectivity index (χ0) is 12.9. The van der Waals surface area contributed by atoms with Gasteiger partial charge >= 0.3 is 5.97 Å². The van der Waals surface area contributed by atoms with Gasteiger partial charge in [-0.1, -0.05) is 12.1 Å². The van der Waals surface area contributed by atoms with Gasteiger partial charge < -0.3 is 10.4 Å². The Morgan fingerprint density at radius 3 is 2.71 bits per heavy atom. The number of carbonyl (C=O) groups is 1. The highest BCUT2D eigenvalue weighted by Gasteiger charge is 2.19. The Balaban J connectivity index is 2.76. The molecule has 0 saturated carbocycles. The van der Waals surface area contributed by atoms with Crippen LogP contribution in [0.5, 0.6) is 0 Å². The van der Waals surface area contributed by atoms with E-state index >= 15 is 0 Å². The molecule has 90 valence electrons. The summed E-state index contributed by atoms with van der Waals surface area (Å²) in [6.45, 7) is 3.84. The molecule has 1 rings (SSSR count). The molecule has 0 amide bonds. The van der Waals surface area contributed by atoms with E-state index in [1.165, 1.54) is 0 Å². The minimum Gasteiger partial charge on any atom is -0.481 e. The van der Waals surface area contributed by atoms with Crippen molar-refractivity contribution in [3.05, 3.63) is 29.8 Å². The fraction of sp³-hybridized carbons (Fsp3) is 0.385. The number of hydrogen-bond donors (Lipinski definition) is 2. The van der Waals surface area contributed by atoms with Crippen LogP contribution in [-0.2, 0) is 4.79 Å². The van der Waals surface area contributed by atoms with Crippen LogP contribution < -0.4 is 5.32 Å². The van der Waals surface area contributed by atoms with E-state index in [1.54, 1.807) is 12.1 Å². The third-order valence-corrected chi connectivity index (χ3v) is 2.48. The summed E-state index contributed by atoms with van der Waals surface area (Å²) in [5.41, 5.74) is 0.951. The predicted molar refractivity (Wildman–Crippen MR) is 65.7 cm³/mol. The minimum atomic E-state index is -0.812. The van der Waals surface area contributed by atoms with Gasteiger partial charge in [0.25, 0.3) is 0 Å². The normalized spacial score (nSPS) is 10.6. The molecule has 0 spiro atoms. The van der Waals surface area contributed by atoms with E-state index in [2.05, 4.69) is 11.4 Å². The van der Waals surface area contributed by atoms with Gasteiger partial charge in [0.05, 0.1) is 11.3 Å². The largest absolute Gasteiger partial charge is 0.481 e. The summed E-state index contributed by atoms with van der Waals surface area (Å²) in [4.78, 5) is 10.5. The first-order valence-corrected chi connectivity index (χ1v) is 5.44. The Bertz CT molecular complexity index is 447. The van der Waals surface area contributed by atoms with E-state index in [9.17, 15) is 4.79 Å². The molecule has 0 aliphatic heterocycles. The number of hydrogen-bond acceptors (Lipinski definition) is 3. The molecule has 0 heterocycles. The number of carboxylic acids is 1. The summed E-state index contributed by atoms with van der Waals surface area (Å²) in [7, 11) is 0. The molecule has 0 aliphatic rings. The molecule has 0 atom stereocenters. The Morgan fingerprint density at radius 1 is 1.47 bits per heavy atom. The van der Waals surface area contributed by atoms with Gasteiger partial charge in [0.1, 0.15) is 6.07 Å². The average molecular weight is 232 g/mol. The van der Waals surface area contributed by atoms with Crippen LogP contribution in [0.2, 0.25) is 0 Å². The molecular formula is C13H16N2O2. The highest BCUT2D eigenvalue weighted by atomic mass is 16.4. The molecule has 0 fully saturated rings. The standard InChI is InChI=1S/C13H16N2O2/c1-13(2,8-7-12(16)17)15-11-6-4-3-5-10(11)9-14/h3-6,15H,7-8H2,1-2H3,(H,16,17). The van der Waals surface area contributed by atoms with E-state index in [4.69, 9.17) is 10.4 Å². The molecule has 0 aromatic heterocycles. The van der Waals surface area contributed by atoms with Crippen LogP contribution in [0.15, 0.2) is 24.3 Å². The highest BCUT2D eigenvalue weighted by molar-refractivity contribution is 5.67. The second-order valence-corrected chi connectivity index (χ2v) is 4.56. The zero-order valence-electron chi connectivity index (χ0n) is 10.0. The van der Waals surface area contributed by atoms with Crippen LogP contribution in [0.25, 0.3) is 0 Å². The lowest BCUT2D eigenvalue weighted by Gasteiger charge is -2.27. The summed E-state index contributed by atoms with van der Waals surface area (Å²) in [5.74, 6) is -0.812. The molecule has 1 aromatic rings. The number of aliphatic carboxylic acids is 1. The van der Waals surface area contributed by atoms with Gasteiger partial charge in [-0.05, 0) is 32.4 Å². The van der Waals surface area contributed by atoms with E-state index in [0.29, 0.717) is 12.0 Å². The van der Waals surface area contributed by atoms with Crippen molar-refractivity contribution < 1.29 is 9.90 Å². The molecule has 4 heteroatoms. The van der Waals surface area contributed by atoms with Crippen molar-refractivity contribution in [1.29, 1.82) is 5.26 Å². The molecular weight excluding hydrogens is 216 g/mol. The number of anilines is 1. The molecule has 0 saturated heterocycles. The van der Waals surface area contributed by atoms with Crippen LogP contribution in [0.4, 0.5) is 5.69 Å². The maximum absolute atomic E-state index is 10.5. The van der Waals surface area contributed by atoms with Gasteiger partial charge in [-0.15, -0.1) is 0 Å². The molecule has 0 unspecified atom stereocenters. The first-order valence-electron chi connectivity index (χ1n) is 5.44. The van der Waals surface area contributed by atoms with Gasteiger partial charge in [-0.3, -0.25) is 4.79 Å². The minimum absolute atomic E-state index is 0.106. The third-order valence-electron chi connectivity index (χ3n) is 2.48. The van der Waals surface area contributed by atoms with Gasteiger partial charge in [-0.25, -0.2) is 0 Å². The van der Waals surface area contributed by atoms with Gasteiger partial charge in [0, 0.05) is 12.0 Å². The number of benzene rings is 1. The molecule has 4 nitrogen and oxygen atoms in total. The summed E-state index contributed by atoms with van der Waals surface area (Å²) >= 11 is 0. The fourth-order valence-electron chi connectivity index (χ4n) is 1.54. The third kappa shape index (κ3) is 4.15. The van der Waals surface area contributed by atoms with Crippen molar-refractivity contribution in [1.82, 2.24) is 0 Å². The van der Waals surface area contributed by atoms with E-state index in [1.807, 2.05) is 26.0 Å². The molecule has 0 bridgehead atoms. The molecule has 0 aliphatic carbocycles. The van der Waals surface area contributed by atoms with Crippen LogP contribution in [-0.4, -0.2) is 16.6 Å². The van der Waals surface area contributed by atoms with Gasteiger partial charge in [-0.2, -0.15) is 5.26 Å². The second kappa shape index (κ2) is 5.35. The average Bonchev–Trinajstić information content (AvgIpc) is 2.27. The van der Waals surface area contributed by atoms with E-state index < -0.39 is 5.97 Å². The van der Waals surface area contributed by atoms with Crippen LogP contribution >= 0.6 is 0 Å². The summed E-state index contributed by atoms with van der Waals surface area (Å²) in [5, 5.41) is 20.8. The molecule has 0 radical (unpaired) electrons. The fourth-order valence-corrected chi connectivity index (χ4v) is 1.54. The van der Waals surface area contributed by atoms with Crippen molar-refractivity contribution >= 4 is 11.7 Å². The summed E-state index contributed by atoms with van der Waals surface area (Å²) < 4.78 is 0. The number of rotatable bonds is 5. The quantitative estimate of drug-likeness (QED) is 0.818. The van der Waals surface area contributed by atoms with Gasteiger partial charge in [0.2, 0.25) is 0 Å². The predicted octanol–water partition coefficient (Wildman–Crippen LogP) is 2.61. The monoisotopic (exact) mass is 232 g/mol. The van der Waals surface area contributed by atoms with E-state index in [-0.39, 0.29) is 12.0 Å². The number of nitrogens with zero attached hydrogens (tertiary/aromatic N) is 1. The Labute approximate surface area is 101 Å². The number of nitrogens with one attached hydrogen (secondary N) is 1. The lowest BCUT2D eigenvalue weighted by molar-refractivity contribution is -0.137. The zero-order valence-corrected chi connectivity index (χ0v) is 10.0. The molecule has 2 N–H and O–H groups in total. The number of carboxylic acid groups (broad SMARTS) is 1. The van der Waals surface area contributed by atoms with E-state index in [0.717, 1.165) is 5.69 Å². The second-order valence-electron chi connectivity index (χ2n) is 4.56. The molecule has 17 heavy (non-hydrogen) atoms. The Hall–Kier alpha value is -2.02. The van der Waals surface area contributed by atoms with Crippen molar-refractivity contribution in [2.24, 2.45) is 0 Å². The maximum Gasteiger partial charge on any atom is 0.303 e. The smallest absolute Gasteiger partial charge is 0.303 e. The molecule has 1 aromatic carbocycles. The van der Waals surface area contributed by atoms with Crippen LogP contribution in [0.1, 0.15) is 32.3 Å². The van der Waals surface area contributed by atoms with Crippen LogP contribution in [0.3, 0.4) is 0 Å². The number of nitriles is 1. The highest BCUT2D eigenvalue weighted by Crippen LogP contribution is 2.22. The topological polar surface area (TPSA) is 73.1 Å². The van der Waals surface area contributed by atoms with Gasteiger partial charge in [0.15, 0.2) is 0 Å².